The van der Waals surface area contributed by atoms with Crippen molar-refractivity contribution in [1.82, 2.24) is 5.32 Å². The van der Waals surface area contributed by atoms with Gasteiger partial charge in [-0.1, -0.05) is 444 Å². The van der Waals surface area contributed by atoms with Crippen LogP contribution in [0.2, 0.25) is 0 Å². The molecule has 0 aromatic carbocycles. The summed E-state index contributed by atoms with van der Waals surface area (Å²) in [7, 11) is 0. The molecule has 0 rings (SSSR count). The topological polar surface area (TPSA) is 95.9 Å². The first kappa shape index (κ1) is 85.9. The van der Waals surface area contributed by atoms with Gasteiger partial charge in [-0.2, -0.15) is 0 Å². The van der Waals surface area contributed by atoms with Crippen molar-refractivity contribution < 1.29 is 24.5 Å². The van der Waals surface area contributed by atoms with Crippen LogP contribution in [0.15, 0.2) is 0 Å². The van der Waals surface area contributed by atoms with E-state index in [9.17, 15) is 19.8 Å². The predicted octanol–water partition coefficient (Wildman–Crippen LogP) is 26.9. The van der Waals surface area contributed by atoms with E-state index in [2.05, 4.69) is 19.2 Å². The average molecular weight is 1230 g/mol. The molecule has 0 aliphatic heterocycles. The zero-order valence-corrected chi connectivity index (χ0v) is 59.8. The molecule has 0 saturated heterocycles. The molecule has 0 saturated carbocycles. The number of amides is 1. The van der Waals surface area contributed by atoms with Crippen molar-refractivity contribution in [2.45, 2.75) is 495 Å². The summed E-state index contributed by atoms with van der Waals surface area (Å²) in [5, 5.41) is 23.5. The lowest BCUT2D eigenvalue weighted by Gasteiger charge is -2.22. The maximum Gasteiger partial charge on any atom is 0.305 e. The van der Waals surface area contributed by atoms with Gasteiger partial charge in [0.2, 0.25) is 5.91 Å². The van der Waals surface area contributed by atoms with E-state index in [4.69, 9.17) is 4.74 Å². The highest BCUT2D eigenvalue weighted by Gasteiger charge is 2.20. The second-order valence-electron chi connectivity index (χ2n) is 28.5. The molecular formula is C81H161NO5. The molecule has 0 spiro atoms. The first-order chi connectivity index (χ1) is 43.0. The number of hydrogen-bond donors (Lipinski definition) is 3. The summed E-state index contributed by atoms with van der Waals surface area (Å²) in [5.74, 6) is 0.00162. The van der Waals surface area contributed by atoms with Gasteiger partial charge in [0.1, 0.15) is 0 Å². The van der Waals surface area contributed by atoms with Crippen molar-refractivity contribution in [2.75, 3.05) is 13.2 Å². The van der Waals surface area contributed by atoms with Crippen LogP contribution in [-0.2, 0) is 14.3 Å². The van der Waals surface area contributed by atoms with Crippen LogP contribution in [0.3, 0.4) is 0 Å². The Morgan fingerprint density at radius 2 is 0.471 bits per heavy atom. The molecule has 87 heavy (non-hydrogen) atoms. The number of hydrogen-bond acceptors (Lipinski definition) is 5. The fraction of sp³-hybridized carbons (Fsp3) is 0.975. The van der Waals surface area contributed by atoms with Gasteiger partial charge in [-0.25, -0.2) is 0 Å². The van der Waals surface area contributed by atoms with Crippen LogP contribution in [-0.4, -0.2) is 47.4 Å². The van der Waals surface area contributed by atoms with Gasteiger partial charge in [-0.3, -0.25) is 9.59 Å². The Hall–Kier alpha value is -1.14. The van der Waals surface area contributed by atoms with E-state index in [-0.39, 0.29) is 18.5 Å². The maximum absolute atomic E-state index is 12.6. The molecule has 0 fully saturated rings. The zero-order valence-electron chi connectivity index (χ0n) is 59.8. The minimum Gasteiger partial charge on any atom is -0.466 e. The van der Waals surface area contributed by atoms with E-state index in [1.807, 2.05) is 0 Å². The van der Waals surface area contributed by atoms with Crippen molar-refractivity contribution in [2.24, 2.45) is 0 Å². The highest BCUT2D eigenvalue weighted by molar-refractivity contribution is 5.76. The molecule has 0 bridgehead atoms. The number of nitrogens with one attached hydrogen (secondary N) is 1. The van der Waals surface area contributed by atoms with Crippen molar-refractivity contribution in [3.63, 3.8) is 0 Å². The highest BCUT2D eigenvalue weighted by Crippen LogP contribution is 2.21. The Bertz CT molecular complexity index is 1280. The Kier molecular flexibility index (Phi) is 76.3. The summed E-state index contributed by atoms with van der Waals surface area (Å²) in [4.78, 5) is 24.7. The predicted molar refractivity (Wildman–Crippen MR) is 384 cm³/mol. The third-order valence-corrected chi connectivity index (χ3v) is 19.7. The van der Waals surface area contributed by atoms with Gasteiger partial charge in [-0.15, -0.1) is 0 Å². The number of unbranched alkanes of at least 4 members (excludes halogenated alkanes) is 67. The Morgan fingerprint density at radius 3 is 0.701 bits per heavy atom. The van der Waals surface area contributed by atoms with Crippen LogP contribution in [0.5, 0.6) is 0 Å². The summed E-state index contributed by atoms with van der Waals surface area (Å²) >= 11 is 0. The number of esters is 1. The molecule has 6 nitrogen and oxygen atoms in total. The lowest BCUT2D eigenvalue weighted by Crippen LogP contribution is -2.45. The van der Waals surface area contributed by atoms with Crippen LogP contribution in [0.25, 0.3) is 0 Å². The molecule has 0 aliphatic rings. The Balaban J connectivity index is 3.31. The summed E-state index contributed by atoms with van der Waals surface area (Å²) in [5.41, 5.74) is 0. The van der Waals surface area contributed by atoms with Gasteiger partial charge < -0.3 is 20.3 Å². The third kappa shape index (κ3) is 73.8. The lowest BCUT2D eigenvalue weighted by molar-refractivity contribution is -0.143. The number of carbonyl (C=O) groups is 2. The number of aliphatic hydroxyl groups excluding tert-OH is 2. The van der Waals surface area contributed by atoms with Gasteiger partial charge in [0.05, 0.1) is 25.4 Å². The van der Waals surface area contributed by atoms with Crippen molar-refractivity contribution >= 4 is 11.9 Å². The van der Waals surface area contributed by atoms with Gasteiger partial charge in [0.15, 0.2) is 0 Å². The van der Waals surface area contributed by atoms with E-state index in [1.54, 1.807) is 0 Å². The van der Waals surface area contributed by atoms with Crippen LogP contribution < -0.4 is 5.32 Å². The van der Waals surface area contributed by atoms with Crippen LogP contribution in [0.1, 0.15) is 483 Å². The van der Waals surface area contributed by atoms with E-state index in [0.717, 1.165) is 38.5 Å². The first-order valence-corrected chi connectivity index (χ1v) is 40.8. The monoisotopic (exact) mass is 1230 g/mol. The van der Waals surface area contributed by atoms with E-state index in [1.165, 1.54) is 411 Å². The number of carbonyl (C=O) groups excluding carboxylic acids is 2. The molecule has 3 N–H and O–H groups in total. The summed E-state index contributed by atoms with van der Waals surface area (Å²) in [6.07, 6.45) is 96.3. The Morgan fingerprint density at radius 1 is 0.276 bits per heavy atom. The van der Waals surface area contributed by atoms with E-state index >= 15 is 0 Å². The molecule has 6 heteroatoms. The molecule has 520 valence electrons. The molecule has 0 aliphatic carbocycles. The largest absolute Gasteiger partial charge is 0.466 e. The molecule has 0 radical (unpaired) electrons. The molecular weight excluding hydrogens is 1070 g/mol. The lowest BCUT2D eigenvalue weighted by atomic mass is 10.0. The smallest absolute Gasteiger partial charge is 0.305 e. The third-order valence-electron chi connectivity index (χ3n) is 19.7. The van der Waals surface area contributed by atoms with Gasteiger partial charge >= 0.3 is 5.97 Å². The summed E-state index contributed by atoms with van der Waals surface area (Å²) < 4.78 is 5.52. The summed E-state index contributed by atoms with van der Waals surface area (Å²) in [6, 6.07) is -0.539. The van der Waals surface area contributed by atoms with Gasteiger partial charge in [0, 0.05) is 12.8 Å². The second-order valence-corrected chi connectivity index (χ2v) is 28.5. The molecule has 0 aromatic rings. The highest BCUT2D eigenvalue weighted by atomic mass is 16.5. The molecule has 0 aromatic heterocycles. The van der Waals surface area contributed by atoms with Gasteiger partial charge in [-0.05, 0) is 25.7 Å². The molecule has 2 unspecified atom stereocenters. The van der Waals surface area contributed by atoms with Crippen molar-refractivity contribution in [3.8, 4) is 0 Å². The minimum atomic E-state index is -0.662. The molecule has 1 amide bonds. The Labute approximate surface area is 547 Å². The maximum atomic E-state index is 12.6. The van der Waals surface area contributed by atoms with E-state index in [0.29, 0.717) is 25.9 Å². The van der Waals surface area contributed by atoms with Crippen molar-refractivity contribution in [3.05, 3.63) is 0 Å². The number of rotatable bonds is 78. The molecule has 0 heterocycles. The average Bonchev–Trinajstić information content (AvgIpc) is 3.57. The molecule has 2 atom stereocenters. The van der Waals surface area contributed by atoms with Crippen molar-refractivity contribution in [1.29, 1.82) is 0 Å². The zero-order chi connectivity index (χ0) is 62.8. The quantitative estimate of drug-likeness (QED) is 0.0417. The second kappa shape index (κ2) is 77.3. The SMILES string of the molecule is CCCCCCCCCCCCCCCCCCCCCCCCC(O)C(CO)NC(=O)CCCCCCCCCCCCCCCCCCCCCCCCCCCCCCCCOC(=O)CCCCCCCCCCCCCCCCCCCC. The number of aliphatic hydroxyl groups is 2. The van der Waals surface area contributed by atoms with Crippen LogP contribution >= 0.6 is 0 Å². The minimum absolute atomic E-state index is 0.0246. The van der Waals surface area contributed by atoms with E-state index < -0.39 is 12.1 Å². The fourth-order valence-electron chi connectivity index (χ4n) is 13.5. The van der Waals surface area contributed by atoms with Crippen LogP contribution in [0, 0.1) is 0 Å². The van der Waals surface area contributed by atoms with Crippen LogP contribution in [0.4, 0.5) is 0 Å². The first-order valence-electron chi connectivity index (χ1n) is 40.8. The normalized spacial score (nSPS) is 12.4. The van der Waals surface area contributed by atoms with Gasteiger partial charge in [0.25, 0.3) is 0 Å². The fourth-order valence-corrected chi connectivity index (χ4v) is 13.5. The standard InChI is InChI=1S/C81H161NO5/c1-3-5-7-9-11-13-15-17-19-21-23-24-35-38-41-45-49-53-57-61-65-69-73-79(84)78(77-83)82-80(85)74-70-66-62-58-54-50-46-42-39-36-33-31-29-27-25-26-28-30-32-34-37-40-44-48-52-56-60-64-68-72-76-87-81(86)75-71-67-63-59-55-51-47-43-22-20-18-16-14-12-10-8-6-4-2/h78-79,83-84H,3-77H2,1-2H3,(H,82,85). The number of ether oxygens (including phenoxy) is 1. The summed E-state index contributed by atoms with van der Waals surface area (Å²) in [6.45, 7) is 5.03.